The molecule has 0 bridgehead atoms. The molecule has 0 radical (unpaired) electrons. The molecular formula is C19H17N3O3S. The minimum Gasteiger partial charge on any atom is -0.462 e. The summed E-state index contributed by atoms with van der Waals surface area (Å²) >= 11 is 1.04. The number of esters is 1. The molecule has 6 nitrogen and oxygen atoms in total. The fraction of sp³-hybridized carbons (Fsp3) is 0.158. The van der Waals surface area contributed by atoms with E-state index >= 15 is 0 Å². The van der Waals surface area contributed by atoms with E-state index in [4.69, 9.17) is 4.74 Å². The summed E-state index contributed by atoms with van der Waals surface area (Å²) in [5, 5.41) is 6.89. The number of amides is 1. The van der Waals surface area contributed by atoms with E-state index in [1.165, 1.54) is 0 Å². The van der Waals surface area contributed by atoms with E-state index in [0.717, 1.165) is 22.7 Å². The second-order valence-corrected chi connectivity index (χ2v) is 6.32. The number of hydrogen-bond acceptors (Lipinski definition) is 6. The van der Waals surface area contributed by atoms with Gasteiger partial charge in [-0.2, -0.15) is 0 Å². The Labute approximate surface area is 155 Å². The Balaban J connectivity index is 1.76. The van der Waals surface area contributed by atoms with Gasteiger partial charge in [0.2, 0.25) is 0 Å². The maximum Gasteiger partial charge on any atom is 0.338 e. The van der Waals surface area contributed by atoms with Crippen LogP contribution < -0.4 is 5.32 Å². The second-order valence-electron chi connectivity index (χ2n) is 5.57. The van der Waals surface area contributed by atoms with E-state index in [9.17, 15) is 9.59 Å². The zero-order valence-electron chi connectivity index (χ0n) is 14.4. The van der Waals surface area contributed by atoms with Crippen molar-refractivity contribution in [2.75, 3.05) is 11.9 Å². The number of aryl methyl sites for hydroxylation is 1. The van der Waals surface area contributed by atoms with Crippen molar-refractivity contribution < 1.29 is 14.3 Å². The van der Waals surface area contributed by atoms with Crippen molar-refractivity contribution >= 4 is 29.1 Å². The van der Waals surface area contributed by atoms with Crippen LogP contribution in [0.25, 0.3) is 11.3 Å². The molecule has 1 heterocycles. The van der Waals surface area contributed by atoms with Crippen LogP contribution in [0.4, 0.5) is 5.69 Å². The minimum absolute atomic E-state index is 0.292. The molecule has 1 aromatic heterocycles. The van der Waals surface area contributed by atoms with Gasteiger partial charge in [0, 0.05) is 11.3 Å². The van der Waals surface area contributed by atoms with Crippen LogP contribution in [0.5, 0.6) is 0 Å². The zero-order valence-corrected chi connectivity index (χ0v) is 15.2. The number of carbonyl (C=O) groups excluding carboxylic acids is 2. The first-order valence-electron chi connectivity index (χ1n) is 8.06. The lowest BCUT2D eigenvalue weighted by atomic mass is 10.1. The predicted molar refractivity (Wildman–Crippen MR) is 100 cm³/mol. The molecule has 0 saturated carbocycles. The molecule has 3 rings (SSSR count). The van der Waals surface area contributed by atoms with Gasteiger partial charge < -0.3 is 10.1 Å². The molecule has 26 heavy (non-hydrogen) atoms. The molecule has 2 aromatic carbocycles. The van der Waals surface area contributed by atoms with Crippen molar-refractivity contribution in [1.29, 1.82) is 0 Å². The van der Waals surface area contributed by atoms with Gasteiger partial charge in [0.25, 0.3) is 5.91 Å². The van der Waals surface area contributed by atoms with E-state index in [1.807, 2.05) is 31.2 Å². The first-order valence-corrected chi connectivity index (χ1v) is 8.83. The number of nitrogens with zero attached hydrogens (tertiary/aromatic N) is 2. The zero-order chi connectivity index (χ0) is 18.5. The average Bonchev–Trinajstić information content (AvgIpc) is 3.13. The Bertz CT molecular complexity index is 918. The topological polar surface area (TPSA) is 81.2 Å². The smallest absolute Gasteiger partial charge is 0.338 e. The summed E-state index contributed by atoms with van der Waals surface area (Å²) in [4.78, 5) is 24.7. The van der Waals surface area contributed by atoms with Crippen molar-refractivity contribution in [1.82, 2.24) is 9.59 Å². The molecule has 0 fully saturated rings. The van der Waals surface area contributed by atoms with E-state index in [-0.39, 0.29) is 5.91 Å². The Morgan fingerprint density at radius 3 is 2.42 bits per heavy atom. The third kappa shape index (κ3) is 3.94. The van der Waals surface area contributed by atoms with Gasteiger partial charge in [-0.3, -0.25) is 4.79 Å². The molecule has 0 atom stereocenters. The highest BCUT2D eigenvalue weighted by Crippen LogP contribution is 2.25. The van der Waals surface area contributed by atoms with Crippen LogP contribution in [0, 0.1) is 6.92 Å². The van der Waals surface area contributed by atoms with Crippen LogP contribution in [0.2, 0.25) is 0 Å². The van der Waals surface area contributed by atoms with Crippen LogP contribution >= 0.6 is 11.5 Å². The molecule has 3 aromatic rings. The average molecular weight is 367 g/mol. The number of ether oxygens (including phenoxy) is 1. The van der Waals surface area contributed by atoms with Gasteiger partial charge in [-0.25, -0.2) is 4.79 Å². The highest BCUT2D eigenvalue weighted by molar-refractivity contribution is 7.08. The summed E-state index contributed by atoms with van der Waals surface area (Å²) in [6, 6.07) is 14.3. The fourth-order valence-corrected chi connectivity index (χ4v) is 2.92. The molecule has 0 spiro atoms. The SMILES string of the molecule is CCOC(=O)c1ccc(NC(=O)c2snnc2-c2ccc(C)cc2)cc1. The number of carbonyl (C=O) groups is 2. The Morgan fingerprint density at radius 2 is 1.77 bits per heavy atom. The first-order chi connectivity index (χ1) is 12.6. The lowest BCUT2D eigenvalue weighted by Gasteiger charge is -2.06. The highest BCUT2D eigenvalue weighted by Gasteiger charge is 2.18. The van der Waals surface area contributed by atoms with Gasteiger partial charge in [-0.05, 0) is 49.6 Å². The van der Waals surface area contributed by atoms with Crippen LogP contribution in [0.1, 0.15) is 32.5 Å². The van der Waals surface area contributed by atoms with Crippen molar-refractivity contribution in [3.63, 3.8) is 0 Å². The van der Waals surface area contributed by atoms with Gasteiger partial charge in [-0.1, -0.05) is 34.3 Å². The van der Waals surface area contributed by atoms with Gasteiger partial charge in [0.05, 0.1) is 12.2 Å². The summed E-state index contributed by atoms with van der Waals surface area (Å²) in [6.07, 6.45) is 0. The summed E-state index contributed by atoms with van der Waals surface area (Å²) in [5.74, 6) is -0.682. The minimum atomic E-state index is -0.390. The summed E-state index contributed by atoms with van der Waals surface area (Å²) < 4.78 is 8.85. The standard InChI is InChI=1S/C19H17N3O3S/c1-3-25-19(24)14-8-10-15(11-9-14)20-18(23)17-16(21-22-26-17)13-6-4-12(2)5-7-13/h4-11H,3H2,1-2H3,(H,20,23). The normalized spacial score (nSPS) is 10.4. The van der Waals surface area contributed by atoms with Crippen LogP contribution in [-0.2, 0) is 4.74 Å². The van der Waals surface area contributed by atoms with Gasteiger partial charge in [-0.15, -0.1) is 5.10 Å². The fourth-order valence-electron chi connectivity index (χ4n) is 2.33. The second kappa shape index (κ2) is 7.88. The molecule has 1 N–H and O–H groups in total. The molecule has 1 amide bonds. The molecule has 0 aliphatic rings. The summed E-state index contributed by atoms with van der Waals surface area (Å²) in [7, 11) is 0. The monoisotopic (exact) mass is 367 g/mol. The first kappa shape index (κ1) is 17.8. The number of anilines is 1. The van der Waals surface area contributed by atoms with Crippen LogP contribution in [0.15, 0.2) is 48.5 Å². The Hall–Kier alpha value is -3.06. The number of rotatable bonds is 5. The maximum absolute atomic E-state index is 12.6. The maximum atomic E-state index is 12.6. The van der Waals surface area contributed by atoms with E-state index < -0.39 is 5.97 Å². The quantitative estimate of drug-likeness (QED) is 0.691. The van der Waals surface area contributed by atoms with Crippen LogP contribution in [-0.4, -0.2) is 28.1 Å². The van der Waals surface area contributed by atoms with Gasteiger partial charge in [0.15, 0.2) is 0 Å². The van der Waals surface area contributed by atoms with E-state index in [1.54, 1.807) is 31.2 Å². The van der Waals surface area contributed by atoms with Crippen molar-refractivity contribution in [3.8, 4) is 11.3 Å². The molecule has 132 valence electrons. The van der Waals surface area contributed by atoms with Crippen molar-refractivity contribution in [2.24, 2.45) is 0 Å². The molecule has 0 saturated heterocycles. The Morgan fingerprint density at radius 1 is 1.08 bits per heavy atom. The highest BCUT2D eigenvalue weighted by atomic mass is 32.1. The third-order valence-corrected chi connectivity index (χ3v) is 4.40. The van der Waals surface area contributed by atoms with Crippen molar-refractivity contribution in [3.05, 3.63) is 64.5 Å². The van der Waals surface area contributed by atoms with Crippen LogP contribution in [0.3, 0.4) is 0 Å². The summed E-state index contributed by atoms with van der Waals surface area (Å²) in [5.41, 5.74) is 3.53. The van der Waals surface area contributed by atoms with E-state index in [0.29, 0.717) is 28.4 Å². The predicted octanol–water partition coefficient (Wildman–Crippen LogP) is 3.94. The van der Waals surface area contributed by atoms with Gasteiger partial charge >= 0.3 is 5.97 Å². The van der Waals surface area contributed by atoms with Gasteiger partial charge in [0.1, 0.15) is 10.6 Å². The number of benzene rings is 2. The molecule has 0 aliphatic heterocycles. The number of hydrogen-bond donors (Lipinski definition) is 1. The molecule has 0 unspecified atom stereocenters. The Kier molecular flexibility index (Phi) is 5.38. The number of nitrogens with one attached hydrogen (secondary N) is 1. The molecule has 0 aliphatic carbocycles. The summed E-state index contributed by atoms with van der Waals surface area (Å²) in [6.45, 7) is 4.06. The molecule has 7 heteroatoms. The lowest BCUT2D eigenvalue weighted by Crippen LogP contribution is -2.12. The lowest BCUT2D eigenvalue weighted by molar-refractivity contribution is 0.0526. The third-order valence-electron chi connectivity index (χ3n) is 3.67. The van der Waals surface area contributed by atoms with Crippen molar-refractivity contribution in [2.45, 2.75) is 13.8 Å². The molecular weight excluding hydrogens is 350 g/mol. The largest absolute Gasteiger partial charge is 0.462 e. The van der Waals surface area contributed by atoms with E-state index in [2.05, 4.69) is 14.9 Å². The number of aromatic nitrogens is 2.